The first-order valence-corrected chi connectivity index (χ1v) is 4.61. The number of hydrogen-bond donors (Lipinski definition) is 1. The summed E-state index contributed by atoms with van der Waals surface area (Å²) >= 11 is 0. The van der Waals surface area contributed by atoms with E-state index in [-0.39, 0.29) is 12.4 Å². The lowest BCUT2D eigenvalue weighted by Gasteiger charge is -2.13. The van der Waals surface area contributed by atoms with Gasteiger partial charge in [-0.1, -0.05) is 12.1 Å². The average Bonchev–Trinajstić information content (AvgIpc) is 2.18. The standard InChI is InChI=1S/C11H11NO2/c13-6-5-8-7-11(14)9-3-1-2-4-10(9)12-8/h1-4,13H,5-7H2. The summed E-state index contributed by atoms with van der Waals surface area (Å²) < 4.78 is 0. The predicted octanol–water partition coefficient (Wildman–Crippen LogP) is 1.73. The van der Waals surface area contributed by atoms with Gasteiger partial charge in [0.1, 0.15) is 0 Å². The first kappa shape index (κ1) is 9.09. The van der Waals surface area contributed by atoms with Crippen LogP contribution in [0.3, 0.4) is 0 Å². The minimum Gasteiger partial charge on any atom is -0.396 e. The van der Waals surface area contributed by atoms with E-state index in [1.165, 1.54) is 0 Å². The van der Waals surface area contributed by atoms with E-state index in [1.54, 1.807) is 6.07 Å². The number of nitrogens with zero attached hydrogens (tertiary/aromatic N) is 1. The van der Waals surface area contributed by atoms with Gasteiger partial charge in [0.25, 0.3) is 0 Å². The fourth-order valence-corrected chi connectivity index (χ4v) is 1.57. The maximum atomic E-state index is 11.6. The fourth-order valence-electron chi connectivity index (χ4n) is 1.57. The molecule has 1 aliphatic heterocycles. The lowest BCUT2D eigenvalue weighted by atomic mass is 9.99. The molecule has 2 rings (SSSR count). The molecule has 1 aromatic carbocycles. The molecule has 72 valence electrons. The molecule has 0 unspecified atom stereocenters. The first-order chi connectivity index (χ1) is 6.81. The van der Waals surface area contributed by atoms with Crippen LogP contribution < -0.4 is 0 Å². The largest absolute Gasteiger partial charge is 0.396 e. The summed E-state index contributed by atoms with van der Waals surface area (Å²) in [6.07, 6.45) is 0.831. The lowest BCUT2D eigenvalue weighted by Crippen LogP contribution is -2.14. The van der Waals surface area contributed by atoms with E-state index in [2.05, 4.69) is 4.99 Å². The number of carbonyl (C=O) groups is 1. The van der Waals surface area contributed by atoms with Gasteiger partial charge in [-0.2, -0.15) is 0 Å². The highest BCUT2D eigenvalue weighted by Crippen LogP contribution is 2.25. The molecule has 1 heterocycles. The third-order valence-corrected chi connectivity index (χ3v) is 2.25. The molecule has 1 N–H and O–H groups in total. The molecule has 0 aliphatic carbocycles. The van der Waals surface area contributed by atoms with Crippen LogP contribution in [0, 0.1) is 0 Å². The zero-order valence-electron chi connectivity index (χ0n) is 7.73. The van der Waals surface area contributed by atoms with Gasteiger partial charge in [0.05, 0.1) is 5.69 Å². The van der Waals surface area contributed by atoms with Crippen molar-refractivity contribution < 1.29 is 9.90 Å². The lowest BCUT2D eigenvalue weighted by molar-refractivity contribution is 0.0999. The van der Waals surface area contributed by atoms with Gasteiger partial charge in [0, 0.05) is 30.7 Å². The van der Waals surface area contributed by atoms with Crippen LogP contribution in [-0.4, -0.2) is 23.2 Å². The van der Waals surface area contributed by atoms with Gasteiger partial charge in [-0.3, -0.25) is 9.79 Å². The molecular weight excluding hydrogens is 178 g/mol. The van der Waals surface area contributed by atoms with E-state index in [4.69, 9.17) is 5.11 Å². The Morgan fingerprint density at radius 2 is 2.14 bits per heavy atom. The Bertz CT molecular complexity index is 396. The SMILES string of the molecule is O=C1CC(CCO)=Nc2ccccc21. The Balaban J connectivity index is 2.40. The second-order valence-electron chi connectivity index (χ2n) is 3.27. The molecule has 0 radical (unpaired) electrons. The third kappa shape index (κ3) is 1.59. The second kappa shape index (κ2) is 3.72. The summed E-state index contributed by atoms with van der Waals surface area (Å²) in [6.45, 7) is 0.0499. The number of rotatable bonds is 2. The second-order valence-corrected chi connectivity index (χ2v) is 3.27. The molecule has 3 heteroatoms. The molecule has 0 saturated carbocycles. The van der Waals surface area contributed by atoms with Gasteiger partial charge < -0.3 is 5.11 Å². The average molecular weight is 189 g/mol. The van der Waals surface area contributed by atoms with Gasteiger partial charge in [-0.25, -0.2) is 0 Å². The molecule has 3 nitrogen and oxygen atoms in total. The molecule has 0 fully saturated rings. The minimum absolute atomic E-state index is 0.0499. The molecule has 0 atom stereocenters. The maximum absolute atomic E-state index is 11.6. The molecule has 1 aromatic rings. The van der Waals surface area contributed by atoms with Gasteiger partial charge in [-0.05, 0) is 12.1 Å². The molecule has 1 aliphatic rings. The van der Waals surface area contributed by atoms with Crippen LogP contribution in [0.15, 0.2) is 29.3 Å². The summed E-state index contributed by atoms with van der Waals surface area (Å²) in [5.41, 5.74) is 2.19. The summed E-state index contributed by atoms with van der Waals surface area (Å²) in [5, 5.41) is 8.76. The number of aliphatic hydroxyl groups excluding tert-OH is 1. The van der Waals surface area contributed by atoms with Crippen LogP contribution in [-0.2, 0) is 0 Å². The molecular formula is C11H11NO2. The van der Waals surface area contributed by atoms with Crippen molar-refractivity contribution in [2.75, 3.05) is 6.61 Å². The normalized spacial score (nSPS) is 14.9. The Labute approximate surface area is 82.1 Å². The van der Waals surface area contributed by atoms with Crippen molar-refractivity contribution in [2.24, 2.45) is 4.99 Å². The number of aliphatic imine (C=N–C) groups is 1. The van der Waals surface area contributed by atoms with Crippen LogP contribution in [0.25, 0.3) is 0 Å². The number of Topliss-reactive ketones (excluding diaryl/α,β-unsaturated/α-hetero) is 1. The van der Waals surface area contributed by atoms with Crippen molar-refractivity contribution in [2.45, 2.75) is 12.8 Å². The van der Waals surface area contributed by atoms with E-state index in [9.17, 15) is 4.79 Å². The van der Waals surface area contributed by atoms with E-state index in [0.717, 1.165) is 11.4 Å². The van der Waals surface area contributed by atoms with Crippen LogP contribution in [0.1, 0.15) is 23.2 Å². The topological polar surface area (TPSA) is 49.7 Å². The minimum atomic E-state index is 0.0499. The van der Waals surface area contributed by atoms with E-state index in [0.29, 0.717) is 18.4 Å². The zero-order chi connectivity index (χ0) is 9.97. The van der Waals surface area contributed by atoms with Crippen molar-refractivity contribution in [1.29, 1.82) is 0 Å². The van der Waals surface area contributed by atoms with Crippen LogP contribution >= 0.6 is 0 Å². The van der Waals surface area contributed by atoms with Crippen molar-refractivity contribution in [1.82, 2.24) is 0 Å². The Hall–Kier alpha value is -1.48. The number of carbonyl (C=O) groups excluding carboxylic acids is 1. The summed E-state index contributed by atoms with van der Waals surface area (Å²) in [6, 6.07) is 7.31. The van der Waals surface area contributed by atoms with E-state index in [1.807, 2.05) is 18.2 Å². The van der Waals surface area contributed by atoms with Gasteiger partial charge in [0.2, 0.25) is 0 Å². The number of hydrogen-bond acceptors (Lipinski definition) is 3. The van der Waals surface area contributed by atoms with Gasteiger partial charge in [-0.15, -0.1) is 0 Å². The van der Waals surface area contributed by atoms with Crippen molar-refractivity contribution in [3.63, 3.8) is 0 Å². The monoisotopic (exact) mass is 189 g/mol. The maximum Gasteiger partial charge on any atom is 0.170 e. The number of fused-ring (bicyclic) bond motifs is 1. The Morgan fingerprint density at radius 3 is 2.93 bits per heavy atom. The summed E-state index contributed by atoms with van der Waals surface area (Å²) in [4.78, 5) is 15.9. The molecule has 0 aromatic heterocycles. The van der Waals surface area contributed by atoms with E-state index < -0.39 is 0 Å². The summed E-state index contributed by atoms with van der Waals surface area (Å²) in [5.74, 6) is 0.0963. The number of benzene rings is 1. The molecule has 0 amide bonds. The van der Waals surface area contributed by atoms with Crippen molar-refractivity contribution in [3.05, 3.63) is 29.8 Å². The Morgan fingerprint density at radius 1 is 1.36 bits per heavy atom. The molecule has 14 heavy (non-hydrogen) atoms. The van der Waals surface area contributed by atoms with E-state index >= 15 is 0 Å². The van der Waals surface area contributed by atoms with Gasteiger partial charge in [0.15, 0.2) is 5.78 Å². The predicted molar refractivity (Wildman–Crippen MR) is 54.2 cm³/mol. The molecule has 0 bridgehead atoms. The first-order valence-electron chi connectivity index (χ1n) is 4.61. The highest BCUT2D eigenvalue weighted by atomic mass is 16.3. The highest BCUT2D eigenvalue weighted by molar-refractivity contribution is 6.15. The van der Waals surface area contributed by atoms with Gasteiger partial charge >= 0.3 is 0 Å². The number of para-hydroxylation sites is 1. The zero-order valence-corrected chi connectivity index (χ0v) is 7.73. The molecule has 0 saturated heterocycles. The summed E-state index contributed by atoms with van der Waals surface area (Å²) in [7, 11) is 0. The van der Waals surface area contributed by atoms with Crippen molar-refractivity contribution >= 4 is 17.2 Å². The third-order valence-electron chi connectivity index (χ3n) is 2.25. The van der Waals surface area contributed by atoms with Crippen molar-refractivity contribution in [3.8, 4) is 0 Å². The number of aliphatic hydroxyl groups is 1. The van der Waals surface area contributed by atoms with Crippen LogP contribution in [0.2, 0.25) is 0 Å². The smallest absolute Gasteiger partial charge is 0.170 e. The number of ketones is 1. The Kier molecular flexibility index (Phi) is 2.41. The van der Waals surface area contributed by atoms with Crippen LogP contribution in [0.5, 0.6) is 0 Å². The highest BCUT2D eigenvalue weighted by Gasteiger charge is 2.18. The quantitative estimate of drug-likeness (QED) is 0.770. The van der Waals surface area contributed by atoms with Crippen LogP contribution in [0.4, 0.5) is 5.69 Å². The molecule has 0 spiro atoms. The fraction of sp³-hybridized carbons (Fsp3) is 0.273.